The van der Waals surface area contributed by atoms with Gasteiger partial charge in [-0.1, -0.05) is 6.07 Å². The normalized spacial score (nSPS) is 18.2. The molecule has 0 bridgehead atoms. The Bertz CT molecular complexity index is 817. The van der Waals surface area contributed by atoms with Crippen molar-refractivity contribution in [1.82, 2.24) is 19.9 Å². The molecular formula is C18H21F3N6. The SMILES string of the molecule is C[C@@H](Nc1nc(NCC2CC2)nc(-c2cccc(C(F)(F)F)n2)n1)C1CC1. The fourth-order valence-corrected chi connectivity index (χ4v) is 2.83. The summed E-state index contributed by atoms with van der Waals surface area (Å²) in [4.78, 5) is 16.7. The van der Waals surface area contributed by atoms with Gasteiger partial charge in [-0.3, -0.25) is 0 Å². The van der Waals surface area contributed by atoms with E-state index in [9.17, 15) is 13.2 Å². The van der Waals surface area contributed by atoms with Gasteiger partial charge in [-0.05, 0) is 56.6 Å². The third kappa shape index (κ3) is 4.64. The molecular weight excluding hydrogens is 357 g/mol. The molecule has 0 spiro atoms. The molecule has 0 radical (unpaired) electrons. The summed E-state index contributed by atoms with van der Waals surface area (Å²) in [7, 11) is 0. The van der Waals surface area contributed by atoms with Gasteiger partial charge in [0, 0.05) is 12.6 Å². The second-order valence-electron chi connectivity index (χ2n) is 7.31. The minimum Gasteiger partial charge on any atom is -0.354 e. The van der Waals surface area contributed by atoms with Crippen LogP contribution in [0.15, 0.2) is 18.2 Å². The molecule has 2 saturated carbocycles. The van der Waals surface area contributed by atoms with Gasteiger partial charge in [-0.2, -0.15) is 28.1 Å². The highest BCUT2D eigenvalue weighted by Gasteiger charge is 2.33. The lowest BCUT2D eigenvalue weighted by molar-refractivity contribution is -0.141. The molecule has 6 nitrogen and oxygen atoms in total. The van der Waals surface area contributed by atoms with Gasteiger partial charge in [-0.25, -0.2) is 4.98 Å². The van der Waals surface area contributed by atoms with Crippen molar-refractivity contribution < 1.29 is 13.2 Å². The first kappa shape index (κ1) is 17.9. The van der Waals surface area contributed by atoms with Gasteiger partial charge < -0.3 is 10.6 Å². The number of hydrogen-bond donors (Lipinski definition) is 2. The summed E-state index contributed by atoms with van der Waals surface area (Å²) in [5, 5.41) is 6.42. The van der Waals surface area contributed by atoms with Crippen LogP contribution in [-0.2, 0) is 6.18 Å². The highest BCUT2D eigenvalue weighted by atomic mass is 19.4. The summed E-state index contributed by atoms with van der Waals surface area (Å²) in [6, 6.07) is 3.92. The minimum absolute atomic E-state index is 0.0730. The molecule has 1 atom stereocenters. The molecule has 144 valence electrons. The number of anilines is 2. The van der Waals surface area contributed by atoms with Gasteiger partial charge in [0.25, 0.3) is 0 Å². The van der Waals surface area contributed by atoms with Crippen LogP contribution < -0.4 is 10.6 Å². The van der Waals surface area contributed by atoms with Crippen LogP contribution in [0, 0.1) is 11.8 Å². The Hall–Kier alpha value is -2.45. The zero-order valence-corrected chi connectivity index (χ0v) is 14.9. The summed E-state index contributed by atoms with van der Waals surface area (Å²) in [5.74, 6) is 2.03. The number of alkyl halides is 3. The smallest absolute Gasteiger partial charge is 0.354 e. The van der Waals surface area contributed by atoms with Crippen LogP contribution in [0.4, 0.5) is 25.1 Å². The maximum absolute atomic E-state index is 13.0. The summed E-state index contributed by atoms with van der Waals surface area (Å²) < 4.78 is 39.0. The molecule has 2 heterocycles. The molecule has 4 rings (SSSR count). The molecule has 2 aromatic heterocycles. The van der Waals surface area contributed by atoms with Crippen LogP contribution in [0.5, 0.6) is 0 Å². The highest BCUT2D eigenvalue weighted by Crippen LogP contribution is 2.34. The third-order valence-electron chi connectivity index (χ3n) is 4.84. The van der Waals surface area contributed by atoms with Crippen molar-refractivity contribution in [2.75, 3.05) is 17.2 Å². The molecule has 2 aliphatic carbocycles. The monoisotopic (exact) mass is 378 g/mol. The summed E-state index contributed by atoms with van der Waals surface area (Å²) in [6.07, 6.45) is 0.147. The van der Waals surface area contributed by atoms with E-state index in [1.165, 1.54) is 25.0 Å². The van der Waals surface area contributed by atoms with Gasteiger partial charge in [0.2, 0.25) is 11.9 Å². The van der Waals surface area contributed by atoms with Crippen molar-refractivity contribution in [1.29, 1.82) is 0 Å². The predicted octanol–water partition coefficient (Wildman–Crippen LogP) is 3.98. The number of nitrogens with one attached hydrogen (secondary N) is 2. The zero-order chi connectivity index (χ0) is 19.0. The molecule has 0 aromatic carbocycles. The van der Waals surface area contributed by atoms with Crippen molar-refractivity contribution in [3.63, 3.8) is 0 Å². The van der Waals surface area contributed by atoms with Crippen molar-refractivity contribution in [2.45, 2.75) is 44.8 Å². The number of pyridine rings is 1. The lowest BCUT2D eigenvalue weighted by atomic mass is 10.2. The minimum atomic E-state index is -4.52. The molecule has 2 N–H and O–H groups in total. The van der Waals surface area contributed by atoms with Gasteiger partial charge in [0.05, 0.1) is 0 Å². The molecule has 2 fully saturated rings. The average Bonchev–Trinajstić information content (AvgIpc) is 3.53. The van der Waals surface area contributed by atoms with Crippen molar-refractivity contribution >= 4 is 11.9 Å². The van der Waals surface area contributed by atoms with E-state index in [1.54, 1.807) is 0 Å². The van der Waals surface area contributed by atoms with Crippen LogP contribution in [0.3, 0.4) is 0 Å². The Labute approximate surface area is 155 Å². The van der Waals surface area contributed by atoms with Crippen LogP contribution in [0.2, 0.25) is 0 Å². The van der Waals surface area contributed by atoms with Gasteiger partial charge in [0.15, 0.2) is 5.82 Å². The van der Waals surface area contributed by atoms with Crippen molar-refractivity contribution in [3.05, 3.63) is 23.9 Å². The van der Waals surface area contributed by atoms with Crippen LogP contribution in [-0.4, -0.2) is 32.5 Å². The van der Waals surface area contributed by atoms with E-state index >= 15 is 0 Å². The molecule has 27 heavy (non-hydrogen) atoms. The van der Waals surface area contributed by atoms with E-state index in [0.717, 1.165) is 25.5 Å². The maximum Gasteiger partial charge on any atom is 0.433 e. The molecule has 0 amide bonds. The van der Waals surface area contributed by atoms with E-state index in [2.05, 4.69) is 37.5 Å². The zero-order valence-electron chi connectivity index (χ0n) is 14.9. The topological polar surface area (TPSA) is 75.6 Å². The molecule has 0 aliphatic heterocycles. The van der Waals surface area contributed by atoms with E-state index in [1.807, 2.05) is 0 Å². The summed E-state index contributed by atoms with van der Waals surface area (Å²) >= 11 is 0. The molecule has 0 saturated heterocycles. The second kappa shape index (κ2) is 6.94. The first-order chi connectivity index (χ1) is 12.9. The fraction of sp³-hybridized carbons (Fsp3) is 0.556. The fourth-order valence-electron chi connectivity index (χ4n) is 2.83. The van der Waals surface area contributed by atoms with E-state index in [4.69, 9.17) is 0 Å². The summed E-state index contributed by atoms with van der Waals surface area (Å²) in [5.41, 5.74) is -0.891. The number of nitrogens with zero attached hydrogens (tertiary/aromatic N) is 4. The number of aromatic nitrogens is 4. The molecule has 2 aromatic rings. The molecule has 2 aliphatic rings. The first-order valence-electron chi connectivity index (χ1n) is 9.19. The van der Waals surface area contributed by atoms with Gasteiger partial charge in [-0.15, -0.1) is 0 Å². The summed E-state index contributed by atoms with van der Waals surface area (Å²) in [6.45, 7) is 2.80. The molecule has 0 unspecified atom stereocenters. The van der Waals surface area contributed by atoms with Crippen LogP contribution in [0.1, 0.15) is 38.3 Å². The van der Waals surface area contributed by atoms with E-state index in [0.29, 0.717) is 23.7 Å². The molecule has 9 heteroatoms. The second-order valence-corrected chi connectivity index (χ2v) is 7.31. The predicted molar refractivity (Wildman–Crippen MR) is 95.1 cm³/mol. The Balaban J connectivity index is 1.63. The largest absolute Gasteiger partial charge is 0.433 e. The third-order valence-corrected chi connectivity index (χ3v) is 4.84. The lowest BCUT2D eigenvalue weighted by Gasteiger charge is -2.15. The van der Waals surface area contributed by atoms with Crippen LogP contribution >= 0.6 is 0 Å². The number of halogens is 3. The highest BCUT2D eigenvalue weighted by molar-refractivity contribution is 5.54. The number of rotatable bonds is 7. The lowest BCUT2D eigenvalue weighted by Crippen LogP contribution is -2.20. The van der Waals surface area contributed by atoms with Crippen LogP contribution in [0.25, 0.3) is 11.5 Å². The quantitative estimate of drug-likeness (QED) is 0.759. The Morgan fingerprint density at radius 2 is 1.78 bits per heavy atom. The Morgan fingerprint density at radius 3 is 2.44 bits per heavy atom. The van der Waals surface area contributed by atoms with E-state index < -0.39 is 11.9 Å². The number of hydrogen-bond acceptors (Lipinski definition) is 6. The van der Waals surface area contributed by atoms with Crippen molar-refractivity contribution in [3.8, 4) is 11.5 Å². The Morgan fingerprint density at radius 1 is 1.04 bits per heavy atom. The standard InChI is InChI=1S/C18H21F3N6/c1-10(12-7-8-12)23-17-26-15(25-16(27-17)22-9-11-5-6-11)13-3-2-4-14(24-13)18(19,20)21/h2-4,10-12H,5-9H2,1H3,(H2,22,23,25,26,27)/t10-/m1/s1. The van der Waals surface area contributed by atoms with Gasteiger partial charge in [0.1, 0.15) is 11.4 Å². The van der Waals surface area contributed by atoms with Gasteiger partial charge >= 0.3 is 6.18 Å². The maximum atomic E-state index is 13.0. The first-order valence-corrected chi connectivity index (χ1v) is 9.19. The van der Waals surface area contributed by atoms with E-state index in [-0.39, 0.29) is 17.6 Å². The average molecular weight is 378 g/mol. The Kier molecular flexibility index (Phi) is 4.61. The van der Waals surface area contributed by atoms with Crippen molar-refractivity contribution in [2.24, 2.45) is 11.8 Å².